The number of hydrogen-bond donors (Lipinski definition) is 1. The molecule has 0 atom stereocenters. The molecular formula is C19H22ClN3O. The first-order valence-electron chi connectivity index (χ1n) is 8.14. The van der Waals surface area contributed by atoms with Gasteiger partial charge in [-0.15, -0.1) is 0 Å². The highest BCUT2D eigenvalue weighted by Crippen LogP contribution is 2.21. The molecule has 1 amide bonds. The summed E-state index contributed by atoms with van der Waals surface area (Å²) in [7, 11) is 2.15. The van der Waals surface area contributed by atoms with E-state index in [4.69, 9.17) is 11.6 Å². The second kappa shape index (κ2) is 7.24. The van der Waals surface area contributed by atoms with Crippen molar-refractivity contribution < 1.29 is 4.79 Å². The predicted molar refractivity (Wildman–Crippen MR) is 100 cm³/mol. The summed E-state index contributed by atoms with van der Waals surface area (Å²) in [5.41, 5.74) is 3.51. The van der Waals surface area contributed by atoms with E-state index in [-0.39, 0.29) is 5.91 Å². The van der Waals surface area contributed by atoms with Crippen LogP contribution in [0.3, 0.4) is 0 Å². The smallest absolute Gasteiger partial charge is 0.255 e. The van der Waals surface area contributed by atoms with Crippen molar-refractivity contribution in [3.8, 4) is 0 Å². The fraction of sp³-hybridized carbons (Fsp3) is 0.316. The Hall–Kier alpha value is -2.04. The zero-order valence-electron chi connectivity index (χ0n) is 14.1. The molecule has 0 aliphatic carbocycles. The zero-order chi connectivity index (χ0) is 17.1. The van der Waals surface area contributed by atoms with Crippen molar-refractivity contribution in [1.82, 2.24) is 4.90 Å². The Morgan fingerprint density at radius 2 is 1.71 bits per heavy atom. The summed E-state index contributed by atoms with van der Waals surface area (Å²) in [5.74, 6) is -0.149. The van der Waals surface area contributed by atoms with Gasteiger partial charge < -0.3 is 15.1 Å². The van der Waals surface area contributed by atoms with Gasteiger partial charge in [0.15, 0.2) is 0 Å². The van der Waals surface area contributed by atoms with Crippen LogP contribution in [0, 0.1) is 6.92 Å². The molecule has 1 N–H and O–H groups in total. The molecule has 0 unspecified atom stereocenters. The maximum atomic E-state index is 12.3. The lowest BCUT2D eigenvalue weighted by atomic mass is 10.1. The molecule has 0 aromatic heterocycles. The van der Waals surface area contributed by atoms with Crippen molar-refractivity contribution in [1.29, 1.82) is 0 Å². The number of halogens is 1. The molecule has 24 heavy (non-hydrogen) atoms. The second-order valence-electron chi connectivity index (χ2n) is 6.26. The van der Waals surface area contributed by atoms with E-state index in [0.717, 1.165) is 37.4 Å². The number of amides is 1. The molecule has 3 rings (SSSR count). The molecule has 126 valence electrons. The van der Waals surface area contributed by atoms with E-state index < -0.39 is 0 Å². The van der Waals surface area contributed by atoms with Crippen molar-refractivity contribution in [2.75, 3.05) is 43.4 Å². The summed E-state index contributed by atoms with van der Waals surface area (Å²) < 4.78 is 0. The molecule has 1 saturated heterocycles. The van der Waals surface area contributed by atoms with Gasteiger partial charge in [-0.1, -0.05) is 17.7 Å². The van der Waals surface area contributed by atoms with Gasteiger partial charge in [-0.2, -0.15) is 0 Å². The van der Waals surface area contributed by atoms with Crippen LogP contribution in [-0.4, -0.2) is 44.0 Å². The van der Waals surface area contributed by atoms with Crippen molar-refractivity contribution >= 4 is 28.9 Å². The third-order valence-electron chi connectivity index (χ3n) is 4.43. The third kappa shape index (κ3) is 3.89. The molecule has 1 aliphatic heterocycles. The maximum Gasteiger partial charge on any atom is 0.255 e. The molecule has 5 heteroatoms. The van der Waals surface area contributed by atoms with Crippen LogP contribution in [0.25, 0.3) is 0 Å². The first-order valence-corrected chi connectivity index (χ1v) is 8.52. The van der Waals surface area contributed by atoms with Gasteiger partial charge >= 0.3 is 0 Å². The van der Waals surface area contributed by atoms with Crippen molar-refractivity contribution in [3.05, 3.63) is 58.6 Å². The standard InChI is InChI=1S/C19H22ClN3O/c1-14-3-4-15(13-18(14)20)19(24)21-16-5-7-17(8-6-16)23-11-9-22(2)10-12-23/h3-8,13H,9-12H2,1-2H3,(H,21,24). The highest BCUT2D eigenvalue weighted by molar-refractivity contribution is 6.31. The maximum absolute atomic E-state index is 12.3. The molecule has 0 radical (unpaired) electrons. The molecule has 4 nitrogen and oxygen atoms in total. The molecule has 1 heterocycles. The van der Waals surface area contributed by atoms with Crippen LogP contribution in [0.1, 0.15) is 15.9 Å². The Kier molecular flexibility index (Phi) is 5.07. The van der Waals surface area contributed by atoms with Crippen molar-refractivity contribution in [2.45, 2.75) is 6.92 Å². The Bertz CT molecular complexity index is 722. The number of rotatable bonds is 3. The monoisotopic (exact) mass is 343 g/mol. The number of piperazine rings is 1. The molecule has 0 saturated carbocycles. The van der Waals surface area contributed by atoms with E-state index in [1.807, 2.05) is 25.1 Å². The molecule has 1 fully saturated rings. The first kappa shape index (κ1) is 16.8. The van der Waals surface area contributed by atoms with Gasteiger partial charge in [0.2, 0.25) is 0 Å². The number of hydrogen-bond acceptors (Lipinski definition) is 3. The minimum absolute atomic E-state index is 0.149. The van der Waals surface area contributed by atoms with Gasteiger partial charge in [-0.05, 0) is 55.9 Å². The summed E-state index contributed by atoms with van der Waals surface area (Å²) in [6.45, 7) is 6.13. The number of anilines is 2. The van der Waals surface area contributed by atoms with E-state index in [1.165, 1.54) is 5.69 Å². The Morgan fingerprint density at radius 3 is 2.33 bits per heavy atom. The summed E-state index contributed by atoms with van der Waals surface area (Å²) in [4.78, 5) is 17.0. The van der Waals surface area contributed by atoms with Crippen LogP contribution in [0.4, 0.5) is 11.4 Å². The molecular weight excluding hydrogens is 322 g/mol. The van der Waals surface area contributed by atoms with E-state index in [2.05, 4.69) is 34.3 Å². The van der Waals surface area contributed by atoms with Gasteiger partial charge in [0.05, 0.1) is 0 Å². The van der Waals surface area contributed by atoms with E-state index in [0.29, 0.717) is 10.6 Å². The predicted octanol–water partition coefficient (Wildman–Crippen LogP) is 3.65. The normalized spacial score (nSPS) is 15.4. The fourth-order valence-electron chi connectivity index (χ4n) is 2.76. The minimum Gasteiger partial charge on any atom is -0.369 e. The van der Waals surface area contributed by atoms with Crippen LogP contribution >= 0.6 is 11.6 Å². The number of nitrogens with one attached hydrogen (secondary N) is 1. The van der Waals surface area contributed by atoms with Gasteiger partial charge in [-0.25, -0.2) is 0 Å². The average Bonchev–Trinajstić information content (AvgIpc) is 2.59. The molecule has 0 spiro atoms. The van der Waals surface area contributed by atoms with E-state index >= 15 is 0 Å². The quantitative estimate of drug-likeness (QED) is 0.924. The van der Waals surface area contributed by atoms with E-state index in [9.17, 15) is 4.79 Å². The lowest BCUT2D eigenvalue weighted by Crippen LogP contribution is -2.44. The average molecular weight is 344 g/mol. The number of benzene rings is 2. The number of carbonyl (C=O) groups is 1. The minimum atomic E-state index is -0.149. The topological polar surface area (TPSA) is 35.6 Å². The summed E-state index contributed by atoms with van der Waals surface area (Å²) in [6.07, 6.45) is 0. The number of carbonyl (C=O) groups excluding carboxylic acids is 1. The highest BCUT2D eigenvalue weighted by atomic mass is 35.5. The second-order valence-corrected chi connectivity index (χ2v) is 6.66. The summed E-state index contributed by atoms with van der Waals surface area (Å²) in [6, 6.07) is 13.3. The third-order valence-corrected chi connectivity index (χ3v) is 4.83. The molecule has 2 aromatic rings. The fourth-order valence-corrected chi connectivity index (χ4v) is 2.94. The molecule has 2 aromatic carbocycles. The largest absolute Gasteiger partial charge is 0.369 e. The Labute approximate surface area is 148 Å². The van der Waals surface area contributed by atoms with Crippen LogP contribution in [0.2, 0.25) is 5.02 Å². The van der Waals surface area contributed by atoms with Crippen molar-refractivity contribution in [2.24, 2.45) is 0 Å². The van der Waals surface area contributed by atoms with Gasteiger partial charge in [0, 0.05) is 48.1 Å². The van der Waals surface area contributed by atoms with Gasteiger partial charge in [0.25, 0.3) is 5.91 Å². The number of nitrogens with zero attached hydrogens (tertiary/aromatic N) is 2. The van der Waals surface area contributed by atoms with Crippen LogP contribution < -0.4 is 10.2 Å². The number of likely N-dealkylation sites (N-methyl/N-ethyl adjacent to an activating group) is 1. The summed E-state index contributed by atoms with van der Waals surface area (Å²) >= 11 is 6.09. The Morgan fingerprint density at radius 1 is 1.04 bits per heavy atom. The van der Waals surface area contributed by atoms with E-state index in [1.54, 1.807) is 12.1 Å². The van der Waals surface area contributed by atoms with Gasteiger partial charge in [0.1, 0.15) is 0 Å². The van der Waals surface area contributed by atoms with Crippen molar-refractivity contribution in [3.63, 3.8) is 0 Å². The van der Waals surface area contributed by atoms with Crippen LogP contribution in [0.5, 0.6) is 0 Å². The zero-order valence-corrected chi connectivity index (χ0v) is 14.8. The highest BCUT2D eigenvalue weighted by Gasteiger charge is 2.14. The van der Waals surface area contributed by atoms with Gasteiger partial charge in [-0.3, -0.25) is 4.79 Å². The first-order chi connectivity index (χ1) is 11.5. The van der Waals surface area contributed by atoms with Crippen LogP contribution in [-0.2, 0) is 0 Å². The van der Waals surface area contributed by atoms with Crippen LogP contribution in [0.15, 0.2) is 42.5 Å². The molecule has 1 aliphatic rings. The SMILES string of the molecule is Cc1ccc(C(=O)Nc2ccc(N3CCN(C)CC3)cc2)cc1Cl. The Balaban J connectivity index is 1.65. The lowest BCUT2D eigenvalue weighted by molar-refractivity contribution is 0.102. The number of aryl methyl sites for hydroxylation is 1. The lowest BCUT2D eigenvalue weighted by Gasteiger charge is -2.34. The molecule has 0 bridgehead atoms. The summed E-state index contributed by atoms with van der Waals surface area (Å²) in [5, 5.41) is 3.52.